The molecule has 1 heterocycles. The summed E-state index contributed by atoms with van der Waals surface area (Å²) in [5.41, 5.74) is 0.224. The van der Waals surface area contributed by atoms with E-state index in [2.05, 4.69) is 14.6 Å². The number of hydrogen-bond acceptors (Lipinski definition) is 4. The zero-order valence-electron chi connectivity index (χ0n) is 6.78. The highest BCUT2D eigenvalue weighted by Gasteiger charge is 2.44. The van der Waals surface area contributed by atoms with E-state index in [1.807, 2.05) is 0 Å². The van der Waals surface area contributed by atoms with Gasteiger partial charge in [-0.25, -0.2) is 0 Å². The first-order valence-corrected chi connectivity index (χ1v) is 3.69. The monoisotopic (exact) mass is 201 g/mol. The van der Waals surface area contributed by atoms with Crippen LogP contribution in [0.25, 0.3) is 0 Å². The predicted molar refractivity (Wildman–Crippen MR) is 42.0 cm³/mol. The van der Waals surface area contributed by atoms with Crippen molar-refractivity contribution in [3.05, 3.63) is 23.8 Å². The SMILES string of the molecule is ON=Cc1cccc2c1OC(F)(F)O2. The molecule has 1 N–H and O–H groups in total. The molecule has 0 fully saturated rings. The molecular weight excluding hydrogens is 196 g/mol. The molecule has 74 valence electrons. The van der Waals surface area contributed by atoms with Crippen molar-refractivity contribution < 1.29 is 23.5 Å². The zero-order valence-corrected chi connectivity index (χ0v) is 6.78. The zero-order chi connectivity index (χ0) is 10.2. The van der Waals surface area contributed by atoms with E-state index < -0.39 is 6.29 Å². The van der Waals surface area contributed by atoms with Gasteiger partial charge in [0.05, 0.1) is 6.21 Å². The number of benzene rings is 1. The van der Waals surface area contributed by atoms with Crippen molar-refractivity contribution >= 4 is 6.21 Å². The Hall–Kier alpha value is -1.85. The first-order valence-electron chi connectivity index (χ1n) is 3.69. The Morgan fingerprint density at radius 2 is 2.14 bits per heavy atom. The van der Waals surface area contributed by atoms with Crippen molar-refractivity contribution in [3.8, 4) is 11.5 Å². The molecule has 0 aromatic heterocycles. The minimum atomic E-state index is -3.65. The number of halogens is 2. The molecule has 1 aliphatic rings. The second-order valence-corrected chi connectivity index (χ2v) is 2.59. The van der Waals surface area contributed by atoms with Gasteiger partial charge in [0.15, 0.2) is 11.5 Å². The summed E-state index contributed by atoms with van der Waals surface area (Å²) in [5.74, 6) is -0.206. The Labute approximate surface area is 77.4 Å². The molecule has 0 saturated heterocycles. The number of para-hydroxylation sites is 1. The van der Waals surface area contributed by atoms with Crippen molar-refractivity contribution in [3.63, 3.8) is 0 Å². The van der Waals surface area contributed by atoms with E-state index in [1.165, 1.54) is 18.2 Å². The molecule has 0 spiro atoms. The maximum atomic E-state index is 12.6. The van der Waals surface area contributed by atoms with Crippen LogP contribution in [0.1, 0.15) is 5.56 Å². The summed E-state index contributed by atoms with van der Waals surface area (Å²) in [6.07, 6.45) is -2.66. The van der Waals surface area contributed by atoms with Crippen molar-refractivity contribution in [1.82, 2.24) is 0 Å². The molecule has 0 aliphatic carbocycles. The maximum absolute atomic E-state index is 12.6. The topological polar surface area (TPSA) is 51.1 Å². The van der Waals surface area contributed by atoms with E-state index in [0.717, 1.165) is 6.21 Å². The van der Waals surface area contributed by atoms with Gasteiger partial charge in [0, 0.05) is 5.56 Å². The van der Waals surface area contributed by atoms with Crippen LogP contribution in [0, 0.1) is 0 Å². The number of oxime groups is 1. The van der Waals surface area contributed by atoms with Gasteiger partial charge in [-0.1, -0.05) is 11.2 Å². The molecule has 1 aromatic rings. The molecule has 1 aliphatic heterocycles. The fourth-order valence-electron chi connectivity index (χ4n) is 1.15. The summed E-state index contributed by atoms with van der Waals surface area (Å²) in [4.78, 5) is 0. The number of fused-ring (bicyclic) bond motifs is 1. The van der Waals surface area contributed by atoms with Crippen LogP contribution in [0.4, 0.5) is 8.78 Å². The minimum Gasteiger partial charge on any atom is -0.411 e. The van der Waals surface area contributed by atoms with E-state index in [9.17, 15) is 8.78 Å². The van der Waals surface area contributed by atoms with Crippen LogP contribution in [0.15, 0.2) is 23.4 Å². The first-order chi connectivity index (χ1) is 6.62. The summed E-state index contributed by atoms with van der Waals surface area (Å²) in [7, 11) is 0. The van der Waals surface area contributed by atoms with Gasteiger partial charge in [0.25, 0.3) is 0 Å². The van der Waals surface area contributed by atoms with E-state index in [-0.39, 0.29) is 17.1 Å². The Balaban J connectivity index is 2.46. The fraction of sp³-hybridized carbons (Fsp3) is 0.125. The maximum Gasteiger partial charge on any atom is 0.586 e. The summed E-state index contributed by atoms with van der Waals surface area (Å²) in [6, 6.07) is 4.29. The van der Waals surface area contributed by atoms with Crippen LogP contribution < -0.4 is 9.47 Å². The average molecular weight is 201 g/mol. The fourth-order valence-corrected chi connectivity index (χ4v) is 1.15. The smallest absolute Gasteiger partial charge is 0.411 e. The van der Waals surface area contributed by atoms with Gasteiger partial charge in [-0.3, -0.25) is 0 Å². The minimum absolute atomic E-state index is 0.0765. The number of alkyl halides is 2. The van der Waals surface area contributed by atoms with Crippen LogP contribution in [-0.2, 0) is 0 Å². The average Bonchev–Trinajstić information content (AvgIpc) is 2.41. The molecule has 0 saturated carbocycles. The Kier molecular flexibility index (Phi) is 1.77. The first kappa shape index (κ1) is 8.74. The highest BCUT2D eigenvalue weighted by molar-refractivity contribution is 5.84. The van der Waals surface area contributed by atoms with Crippen LogP contribution in [0.5, 0.6) is 11.5 Å². The Morgan fingerprint density at radius 3 is 2.86 bits per heavy atom. The largest absolute Gasteiger partial charge is 0.586 e. The highest BCUT2D eigenvalue weighted by atomic mass is 19.3. The van der Waals surface area contributed by atoms with Gasteiger partial charge in [-0.15, -0.1) is 8.78 Å². The number of nitrogens with zero attached hydrogens (tertiary/aromatic N) is 1. The van der Waals surface area contributed by atoms with E-state index in [0.29, 0.717) is 0 Å². The third-order valence-corrected chi connectivity index (χ3v) is 1.66. The highest BCUT2D eigenvalue weighted by Crippen LogP contribution is 2.42. The van der Waals surface area contributed by atoms with Crippen molar-refractivity contribution in [2.45, 2.75) is 6.29 Å². The van der Waals surface area contributed by atoms with E-state index in [1.54, 1.807) is 0 Å². The molecule has 0 atom stereocenters. The standard InChI is InChI=1S/C8H5F2NO3/c9-8(10)13-6-3-1-2-5(4-11-12)7(6)14-8/h1-4,12H. The second-order valence-electron chi connectivity index (χ2n) is 2.59. The molecular formula is C8H5F2NO3. The van der Waals surface area contributed by atoms with Crippen LogP contribution in [0.2, 0.25) is 0 Å². The number of hydrogen-bond donors (Lipinski definition) is 1. The molecule has 14 heavy (non-hydrogen) atoms. The lowest BCUT2D eigenvalue weighted by molar-refractivity contribution is -0.286. The van der Waals surface area contributed by atoms with Gasteiger partial charge in [-0.05, 0) is 12.1 Å². The van der Waals surface area contributed by atoms with Crippen molar-refractivity contribution in [2.75, 3.05) is 0 Å². The van der Waals surface area contributed by atoms with Gasteiger partial charge in [-0.2, -0.15) is 0 Å². The predicted octanol–water partition coefficient (Wildman–Crippen LogP) is 1.82. The molecule has 2 rings (SSSR count). The van der Waals surface area contributed by atoms with Crippen LogP contribution >= 0.6 is 0 Å². The summed E-state index contributed by atoms with van der Waals surface area (Å²) < 4.78 is 33.6. The van der Waals surface area contributed by atoms with Crippen molar-refractivity contribution in [2.24, 2.45) is 5.16 Å². The van der Waals surface area contributed by atoms with E-state index in [4.69, 9.17) is 5.21 Å². The second kappa shape index (κ2) is 2.83. The van der Waals surface area contributed by atoms with Crippen LogP contribution in [-0.4, -0.2) is 17.7 Å². The Morgan fingerprint density at radius 1 is 1.36 bits per heavy atom. The van der Waals surface area contributed by atoms with Gasteiger partial charge >= 0.3 is 6.29 Å². The molecule has 0 bridgehead atoms. The number of rotatable bonds is 1. The van der Waals surface area contributed by atoms with Gasteiger partial charge < -0.3 is 14.7 Å². The third kappa shape index (κ3) is 1.34. The lowest BCUT2D eigenvalue weighted by Gasteiger charge is -2.04. The molecule has 1 aromatic carbocycles. The molecule has 0 amide bonds. The van der Waals surface area contributed by atoms with Crippen LogP contribution in [0.3, 0.4) is 0 Å². The van der Waals surface area contributed by atoms with Crippen molar-refractivity contribution in [1.29, 1.82) is 0 Å². The summed E-state index contributed by atoms with van der Waals surface area (Å²) >= 11 is 0. The summed E-state index contributed by atoms with van der Waals surface area (Å²) in [5, 5.41) is 11.0. The molecule has 0 unspecified atom stereocenters. The third-order valence-electron chi connectivity index (χ3n) is 1.66. The quantitative estimate of drug-likeness (QED) is 0.428. The van der Waals surface area contributed by atoms with Gasteiger partial charge in [0.2, 0.25) is 0 Å². The summed E-state index contributed by atoms with van der Waals surface area (Å²) in [6.45, 7) is 0. The lowest BCUT2D eigenvalue weighted by Crippen LogP contribution is -2.26. The van der Waals surface area contributed by atoms with Gasteiger partial charge in [0.1, 0.15) is 0 Å². The molecule has 4 nitrogen and oxygen atoms in total. The van der Waals surface area contributed by atoms with E-state index >= 15 is 0 Å². The number of ether oxygens (including phenoxy) is 2. The Bertz CT molecular complexity index is 392. The molecule has 6 heteroatoms. The lowest BCUT2D eigenvalue weighted by atomic mass is 10.2. The molecule has 0 radical (unpaired) electrons. The normalized spacial score (nSPS) is 17.6.